The van der Waals surface area contributed by atoms with Gasteiger partial charge >= 0.3 is 13.8 Å². The highest BCUT2D eigenvalue weighted by Crippen LogP contribution is 2.43. The smallest absolute Gasteiger partial charge is 0.463 e. The van der Waals surface area contributed by atoms with E-state index in [1.54, 1.807) is 0 Å². The molecule has 0 saturated heterocycles. The van der Waals surface area contributed by atoms with Crippen molar-refractivity contribution in [2.24, 2.45) is 5.73 Å². The van der Waals surface area contributed by atoms with Gasteiger partial charge in [0.15, 0.2) is 0 Å². The standard InChI is InChI=1S/C41H76NO7P/c1-3-5-7-9-11-13-15-17-18-19-20-21-23-25-27-29-31-33-36-46-40(39-49-50(44,45)48-37-35-42)38-47-41(43)34-32-30-28-26-24-22-16-14-12-10-8-6-4-2/h11,13,17-18,20-21,25,27,40H,3-10,12,14-16,19,22-24,26,28-39,42H2,1-2H3,(H,44,45)/t40-/m1/s1. The summed E-state index contributed by atoms with van der Waals surface area (Å²) in [4.78, 5) is 22.2. The van der Waals surface area contributed by atoms with E-state index >= 15 is 0 Å². The molecule has 0 saturated carbocycles. The number of phosphoric acid groups is 1. The van der Waals surface area contributed by atoms with E-state index in [0.29, 0.717) is 13.0 Å². The van der Waals surface area contributed by atoms with Crippen molar-refractivity contribution < 1.29 is 32.8 Å². The molecule has 8 nitrogen and oxygen atoms in total. The van der Waals surface area contributed by atoms with Gasteiger partial charge in [0.05, 0.1) is 13.2 Å². The summed E-state index contributed by atoms with van der Waals surface area (Å²) < 4.78 is 33.3. The lowest BCUT2D eigenvalue weighted by atomic mass is 10.0. The quantitative estimate of drug-likeness (QED) is 0.0279. The Morgan fingerprint density at radius 1 is 0.600 bits per heavy atom. The topological polar surface area (TPSA) is 117 Å². The van der Waals surface area contributed by atoms with Gasteiger partial charge in [0.1, 0.15) is 12.7 Å². The highest BCUT2D eigenvalue weighted by molar-refractivity contribution is 7.47. The average Bonchev–Trinajstić information content (AvgIpc) is 3.11. The van der Waals surface area contributed by atoms with Crippen LogP contribution in [0.1, 0.15) is 168 Å². The molecule has 0 heterocycles. The minimum absolute atomic E-state index is 0.0364. The number of carbonyl (C=O) groups is 1. The first-order chi connectivity index (χ1) is 24.4. The van der Waals surface area contributed by atoms with Crippen LogP contribution < -0.4 is 5.73 Å². The normalized spacial score (nSPS) is 14.1. The Morgan fingerprint density at radius 2 is 1.06 bits per heavy atom. The molecular weight excluding hydrogens is 649 g/mol. The van der Waals surface area contributed by atoms with Crippen molar-refractivity contribution in [2.45, 2.75) is 174 Å². The second kappa shape index (κ2) is 38.7. The largest absolute Gasteiger partial charge is 0.472 e. The number of allylic oxidation sites excluding steroid dienone is 8. The SMILES string of the molecule is CCCCCC=CCC=CCC=CCC=CCCCCO[C@H](COC(=O)CCCCCCCCCCCCCCC)COP(=O)(O)OCCN. The monoisotopic (exact) mass is 726 g/mol. The van der Waals surface area contributed by atoms with Gasteiger partial charge in [-0.25, -0.2) is 4.57 Å². The molecule has 0 aromatic carbocycles. The molecule has 0 aliphatic heterocycles. The molecule has 3 N–H and O–H groups in total. The first-order valence-electron chi connectivity index (χ1n) is 20.1. The van der Waals surface area contributed by atoms with Gasteiger partial charge in [0.25, 0.3) is 0 Å². The maximum Gasteiger partial charge on any atom is 0.472 e. The van der Waals surface area contributed by atoms with E-state index < -0.39 is 13.9 Å². The third kappa shape index (κ3) is 37.7. The molecule has 2 atom stereocenters. The first-order valence-corrected chi connectivity index (χ1v) is 21.6. The molecule has 0 rings (SSSR count). The van der Waals surface area contributed by atoms with Crippen LogP contribution in [0.3, 0.4) is 0 Å². The number of phosphoric ester groups is 1. The Bertz CT molecular complexity index is 905. The Balaban J connectivity index is 4.16. The molecule has 0 spiro atoms. The van der Waals surface area contributed by atoms with Gasteiger partial charge in [0.2, 0.25) is 0 Å². The molecule has 0 aromatic rings. The van der Waals surface area contributed by atoms with Crippen LogP contribution >= 0.6 is 7.82 Å². The first kappa shape index (κ1) is 48.5. The maximum atomic E-state index is 12.4. The molecule has 0 radical (unpaired) electrons. The van der Waals surface area contributed by atoms with Crippen LogP contribution in [0, 0.1) is 0 Å². The summed E-state index contributed by atoms with van der Waals surface area (Å²) in [7, 11) is -4.26. The number of hydrogen-bond acceptors (Lipinski definition) is 7. The average molecular weight is 726 g/mol. The maximum absolute atomic E-state index is 12.4. The van der Waals surface area contributed by atoms with Crippen LogP contribution in [-0.2, 0) is 27.9 Å². The van der Waals surface area contributed by atoms with Crippen LogP contribution in [0.25, 0.3) is 0 Å². The predicted molar refractivity (Wildman–Crippen MR) is 210 cm³/mol. The predicted octanol–water partition coefficient (Wildman–Crippen LogP) is 11.6. The molecule has 0 aromatic heterocycles. The Hall–Kier alpha value is -1.54. The molecule has 0 aliphatic rings. The Labute approximate surface area is 307 Å². The zero-order valence-electron chi connectivity index (χ0n) is 32.1. The van der Waals surface area contributed by atoms with Crippen molar-refractivity contribution in [3.63, 3.8) is 0 Å². The van der Waals surface area contributed by atoms with Crippen molar-refractivity contribution in [3.05, 3.63) is 48.6 Å². The van der Waals surface area contributed by atoms with E-state index in [0.717, 1.165) is 57.8 Å². The fourth-order valence-corrected chi connectivity index (χ4v) is 6.01. The zero-order valence-corrected chi connectivity index (χ0v) is 33.0. The zero-order chi connectivity index (χ0) is 36.6. The van der Waals surface area contributed by atoms with Gasteiger partial charge < -0.3 is 20.1 Å². The van der Waals surface area contributed by atoms with E-state index in [-0.39, 0.29) is 32.3 Å². The molecule has 292 valence electrons. The number of nitrogens with two attached hydrogens (primary N) is 1. The fraction of sp³-hybridized carbons (Fsp3) is 0.780. The summed E-state index contributed by atoms with van der Waals surface area (Å²) in [6, 6.07) is 0. The minimum Gasteiger partial charge on any atom is -0.463 e. The number of esters is 1. The molecule has 1 unspecified atom stereocenters. The van der Waals surface area contributed by atoms with Crippen molar-refractivity contribution in [3.8, 4) is 0 Å². The van der Waals surface area contributed by atoms with Crippen molar-refractivity contribution in [1.82, 2.24) is 0 Å². The summed E-state index contributed by atoms with van der Waals surface area (Å²) in [5.41, 5.74) is 5.36. The van der Waals surface area contributed by atoms with Gasteiger partial charge in [-0.3, -0.25) is 13.8 Å². The number of rotatable bonds is 38. The fourth-order valence-electron chi connectivity index (χ4n) is 5.25. The van der Waals surface area contributed by atoms with E-state index in [1.807, 2.05) is 0 Å². The summed E-state index contributed by atoms with van der Waals surface area (Å²) in [5, 5.41) is 0. The second-order valence-corrected chi connectivity index (χ2v) is 14.6. The number of ether oxygens (including phenoxy) is 2. The summed E-state index contributed by atoms with van der Waals surface area (Å²) in [5.74, 6) is -0.284. The molecule has 0 aliphatic carbocycles. The highest BCUT2D eigenvalue weighted by atomic mass is 31.2. The van der Waals surface area contributed by atoms with Crippen molar-refractivity contribution >= 4 is 13.8 Å². The molecule has 0 bridgehead atoms. The van der Waals surface area contributed by atoms with Crippen LogP contribution in [0.15, 0.2) is 48.6 Å². The third-order valence-electron chi connectivity index (χ3n) is 8.29. The van der Waals surface area contributed by atoms with Gasteiger partial charge in [0, 0.05) is 19.6 Å². The molecular formula is C41H76NO7P. The van der Waals surface area contributed by atoms with Gasteiger partial charge in [-0.1, -0.05) is 152 Å². The Kier molecular flexibility index (Phi) is 37.5. The van der Waals surface area contributed by atoms with Crippen LogP contribution in [0.5, 0.6) is 0 Å². The Morgan fingerprint density at radius 3 is 1.58 bits per heavy atom. The molecule has 9 heteroatoms. The number of hydrogen-bond donors (Lipinski definition) is 2. The van der Waals surface area contributed by atoms with Crippen LogP contribution in [0.2, 0.25) is 0 Å². The van der Waals surface area contributed by atoms with Crippen molar-refractivity contribution in [1.29, 1.82) is 0 Å². The van der Waals surface area contributed by atoms with E-state index in [1.165, 1.54) is 89.9 Å². The van der Waals surface area contributed by atoms with Crippen molar-refractivity contribution in [2.75, 3.05) is 33.0 Å². The molecule has 0 fully saturated rings. The van der Waals surface area contributed by atoms with E-state index in [2.05, 4.69) is 62.5 Å². The summed E-state index contributed by atoms with van der Waals surface area (Å²) in [6.07, 6.45) is 44.3. The number of carbonyl (C=O) groups excluding carboxylic acids is 1. The lowest BCUT2D eigenvalue weighted by molar-refractivity contribution is -0.149. The summed E-state index contributed by atoms with van der Waals surface area (Å²) >= 11 is 0. The molecule has 50 heavy (non-hydrogen) atoms. The number of unbranched alkanes of at least 4 members (excludes halogenated alkanes) is 17. The summed E-state index contributed by atoms with van der Waals surface area (Å²) in [6.45, 7) is 4.67. The molecule has 0 amide bonds. The van der Waals surface area contributed by atoms with Gasteiger partial charge in [-0.2, -0.15) is 0 Å². The van der Waals surface area contributed by atoms with Gasteiger partial charge in [-0.15, -0.1) is 0 Å². The minimum atomic E-state index is -4.26. The lowest BCUT2D eigenvalue weighted by Crippen LogP contribution is -2.27. The highest BCUT2D eigenvalue weighted by Gasteiger charge is 2.24. The van der Waals surface area contributed by atoms with Gasteiger partial charge in [-0.05, 0) is 57.8 Å². The van der Waals surface area contributed by atoms with E-state index in [4.69, 9.17) is 24.3 Å². The van der Waals surface area contributed by atoms with Crippen LogP contribution in [-0.4, -0.2) is 49.9 Å². The van der Waals surface area contributed by atoms with E-state index in [9.17, 15) is 14.3 Å². The third-order valence-corrected chi connectivity index (χ3v) is 9.27. The van der Waals surface area contributed by atoms with Crippen LogP contribution in [0.4, 0.5) is 0 Å². The lowest BCUT2D eigenvalue weighted by Gasteiger charge is -2.19. The second-order valence-electron chi connectivity index (χ2n) is 13.1.